The summed E-state index contributed by atoms with van der Waals surface area (Å²) >= 11 is 0. The predicted octanol–water partition coefficient (Wildman–Crippen LogP) is 2.31. The van der Waals surface area contributed by atoms with Gasteiger partial charge in [-0.25, -0.2) is 0 Å². The van der Waals surface area contributed by atoms with Gasteiger partial charge in [0.15, 0.2) is 0 Å². The van der Waals surface area contributed by atoms with Crippen molar-refractivity contribution in [1.82, 2.24) is 4.90 Å². The fourth-order valence-electron chi connectivity index (χ4n) is 1.90. The van der Waals surface area contributed by atoms with Crippen LogP contribution >= 0.6 is 0 Å². The third-order valence-corrected chi connectivity index (χ3v) is 2.83. The third-order valence-electron chi connectivity index (χ3n) is 2.83. The van der Waals surface area contributed by atoms with Crippen LogP contribution in [0, 0.1) is 6.92 Å². The summed E-state index contributed by atoms with van der Waals surface area (Å²) in [6.45, 7) is 3.17. The molecule has 0 saturated heterocycles. The van der Waals surface area contributed by atoms with E-state index in [2.05, 4.69) is 4.90 Å². The van der Waals surface area contributed by atoms with E-state index < -0.39 is 0 Å². The van der Waals surface area contributed by atoms with Crippen molar-refractivity contribution in [2.75, 3.05) is 13.6 Å². The molecule has 0 aliphatic rings. The van der Waals surface area contributed by atoms with Crippen LogP contribution in [0.1, 0.15) is 23.3 Å². The molecule has 0 spiro atoms. The van der Waals surface area contributed by atoms with E-state index in [0.717, 1.165) is 17.3 Å². The predicted molar refractivity (Wildman–Crippen MR) is 65.4 cm³/mol. The maximum absolute atomic E-state index is 5.81. The molecule has 1 unspecified atom stereocenters. The minimum absolute atomic E-state index is 0.0776. The van der Waals surface area contributed by atoms with Crippen molar-refractivity contribution < 1.29 is 8.83 Å². The molecule has 0 aliphatic heterocycles. The number of rotatable bonds is 5. The summed E-state index contributed by atoms with van der Waals surface area (Å²) in [5.74, 6) is 2.73. The van der Waals surface area contributed by atoms with Crippen LogP contribution < -0.4 is 5.73 Å². The number of furan rings is 2. The lowest BCUT2D eigenvalue weighted by Gasteiger charge is -2.24. The van der Waals surface area contributed by atoms with Crippen molar-refractivity contribution in [1.29, 1.82) is 0 Å². The number of aryl methyl sites for hydroxylation is 1. The second-order valence-corrected chi connectivity index (χ2v) is 4.19. The van der Waals surface area contributed by atoms with Crippen LogP contribution in [-0.4, -0.2) is 18.5 Å². The lowest BCUT2D eigenvalue weighted by molar-refractivity contribution is 0.197. The van der Waals surface area contributed by atoms with E-state index in [1.165, 1.54) is 0 Å². The Hall–Kier alpha value is -1.52. The summed E-state index contributed by atoms with van der Waals surface area (Å²) in [7, 11) is 2.01. The first-order chi connectivity index (χ1) is 8.20. The van der Waals surface area contributed by atoms with Gasteiger partial charge >= 0.3 is 0 Å². The standard InChI is InChI=1S/C13H18N2O2/c1-10-5-6-13(17-10)12(8-14)15(2)9-11-4-3-7-16-11/h3-7,12H,8-9,14H2,1-2H3. The minimum Gasteiger partial charge on any atom is -0.468 e. The molecule has 92 valence electrons. The normalized spacial score (nSPS) is 13.2. The summed E-state index contributed by atoms with van der Waals surface area (Å²) in [6.07, 6.45) is 1.68. The van der Waals surface area contributed by atoms with Gasteiger partial charge in [0.1, 0.15) is 17.3 Å². The largest absolute Gasteiger partial charge is 0.468 e. The molecule has 2 heterocycles. The molecule has 2 N–H and O–H groups in total. The highest BCUT2D eigenvalue weighted by atomic mass is 16.3. The van der Waals surface area contributed by atoms with Gasteiger partial charge in [0.25, 0.3) is 0 Å². The Kier molecular flexibility index (Phi) is 3.66. The molecule has 1 atom stereocenters. The molecule has 0 amide bonds. The van der Waals surface area contributed by atoms with E-state index in [-0.39, 0.29) is 6.04 Å². The van der Waals surface area contributed by atoms with Crippen LogP contribution in [0.15, 0.2) is 39.4 Å². The van der Waals surface area contributed by atoms with E-state index in [1.54, 1.807) is 6.26 Å². The van der Waals surface area contributed by atoms with Crippen LogP contribution in [0.2, 0.25) is 0 Å². The van der Waals surface area contributed by atoms with Crippen LogP contribution in [0.3, 0.4) is 0 Å². The second kappa shape index (κ2) is 5.21. The monoisotopic (exact) mass is 234 g/mol. The Labute approximate surface area is 101 Å². The third kappa shape index (κ3) is 2.78. The highest BCUT2D eigenvalue weighted by Gasteiger charge is 2.19. The van der Waals surface area contributed by atoms with Gasteiger partial charge in [0, 0.05) is 6.54 Å². The molecule has 2 rings (SSSR count). The summed E-state index contributed by atoms with van der Waals surface area (Å²) in [4.78, 5) is 2.12. The fraction of sp³-hybridized carbons (Fsp3) is 0.385. The molecule has 4 heteroatoms. The first-order valence-electron chi connectivity index (χ1n) is 5.69. The quantitative estimate of drug-likeness (QED) is 0.862. The fourth-order valence-corrected chi connectivity index (χ4v) is 1.90. The zero-order chi connectivity index (χ0) is 12.3. The molecule has 4 nitrogen and oxygen atoms in total. The maximum atomic E-state index is 5.81. The molecule has 0 aliphatic carbocycles. The molecule has 0 radical (unpaired) electrons. The van der Waals surface area contributed by atoms with Crippen molar-refractivity contribution in [3.63, 3.8) is 0 Å². The summed E-state index contributed by atoms with van der Waals surface area (Å²) in [5.41, 5.74) is 5.81. The second-order valence-electron chi connectivity index (χ2n) is 4.19. The topological polar surface area (TPSA) is 55.5 Å². The van der Waals surface area contributed by atoms with Crippen LogP contribution in [0.25, 0.3) is 0 Å². The molecule has 2 aromatic rings. The highest BCUT2D eigenvalue weighted by Crippen LogP contribution is 2.22. The van der Waals surface area contributed by atoms with Gasteiger partial charge < -0.3 is 14.6 Å². The van der Waals surface area contributed by atoms with Gasteiger partial charge in [0.05, 0.1) is 18.8 Å². The molecule has 0 bridgehead atoms. The van der Waals surface area contributed by atoms with Crippen molar-refractivity contribution in [2.45, 2.75) is 19.5 Å². The van der Waals surface area contributed by atoms with E-state index in [0.29, 0.717) is 13.1 Å². The summed E-state index contributed by atoms with van der Waals surface area (Å²) < 4.78 is 11.0. The van der Waals surface area contributed by atoms with Crippen LogP contribution in [-0.2, 0) is 6.54 Å². The summed E-state index contributed by atoms with van der Waals surface area (Å²) in [5, 5.41) is 0. The first-order valence-corrected chi connectivity index (χ1v) is 5.69. The Morgan fingerprint density at radius 3 is 2.71 bits per heavy atom. The SMILES string of the molecule is Cc1ccc(C(CN)N(C)Cc2ccco2)o1. The van der Waals surface area contributed by atoms with Crippen molar-refractivity contribution in [3.8, 4) is 0 Å². The lowest BCUT2D eigenvalue weighted by Crippen LogP contribution is -2.29. The molecule has 0 saturated carbocycles. The van der Waals surface area contributed by atoms with Gasteiger partial charge in [-0.15, -0.1) is 0 Å². The van der Waals surface area contributed by atoms with Crippen molar-refractivity contribution in [3.05, 3.63) is 47.8 Å². The van der Waals surface area contributed by atoms with E-state index in [4.69, 9.17) is 14.6 Å². The van der Waals surface area contributed by atoms with Crippen molar-refractivity contribution >= 4 is 0 Å². The van der Waals surface area contributed by atoms with E-state index in [1.807, 2.05) is 38.2 Å². The maximum Gasteiger partial charge on any atom is 0.122 e. The Morgan fingerprint density at radius 1 is 1.35 bits per heavy atom. The molecule has 0 fully saturated rings. The van der Waals surface area contributed by atoms with Gasteiger partial charge in [-0.3, -0.25) is 4.90 Å². The van der Waals surface area contributed by atoms with Gasteiger partial charge in [-0.05, 0) is 38.2 Å². The molecular weight excluding hydrogens is 216 g/mol. The number of likely N-dealkylation sites (N-methyl/N-ethyl adjacent to an activating group) is 1. The minimum atomic E-state index is 0.0776. The van der Waals surface area contributed by atoms with E-state index >= 15 is 0 Å². The average molecular weight is 234 g/mol. The molecule has 2 aromatic heterocycles. The zero-order valence-electron chi connectivity index (χ0n) is 10.2. The smallest absolute Gasteiger partial charge is 0.122 e. The summed E-state index contributed by atoms with van der Waals surface area (Å²) in [6, 6.07) is 7.85. The number of nitrogens with zero attached hydrogens (tertiary/aromatic N) is 1. The van der Waals surface area contributed by atoms with E-state index in [9.17, 15) is 0 Å². The van der Waals surface area contributed by atoms with Gasteiger partial charge in [-0.1, -0.05) is 0 Å². The van der Waals surface area contributed by atoms with Crippen molar-refractivity contribution in [2.24, 2.45) is 5.73 Å². The van der Waals surface area contributed by atoms with Crippen LogP contribution in [0.5, 0.6) is 0 Å². The Balaban J connectivity index is 2.07. The number of hydrogen-bond donors (Lipinski definition) is 1. The van der Waals surface area contributed by atoms with Crippen LogP contribution in [0.4, 0.5) is 0 Å². The number of hydrogen-bond acceptors (Lipinski definition) is 4. The highest BCUT2D eigenvalue weighted by molar-refractivity contribution is 5.10. The molecule has 0 aromatic carbocycles. The molecular formula is C13H18N2O2. The average Bonchev–Trinajstić information content (AvgIpc) is 2.91. The Morgan fingerprint density at radius 2 is 2.18 bits per heavy atom. The molecule has 17 heavy (non-hydrogen) atoms. The zero-order valence-corrected chi connectivity index (χ0v) is 10.2. The lowest BCUT2D eigenvalue weighted by atomic mass is 10.2. The Bertz CT molecular complexity index is 448. The number of nitrogens with two attached hydrogens (primary N) is 1. The van der Waals surface area contributed by atoms with Gasteiger partial charge in [-0.2, -0.15) is 0 Å². The van der Waals surface area contributed by atoms with Gasteiger partial charge in [0.2, 0.25) is 0 Å². The first kappa shape index (κ1) is 12.0.